The van der Waals surface area contributed by atoms with Crippen LogP contribution < -0.4 is 0 Å². The second-order valence-electron chi connectivity index (χ2n) is 3.53. The summed E-state index contributed by atoms with van der Waals surface area (Å²) in [5, 5.41) is 0. The number of rotatable bonds is 2. The molecule has 3 rings (SSSR count). The number of aromatic nitrogens is 2. The lowest BCUT2D eigenvalue weighted by atomic mass is 10.3. The zero-order chi connectivity index (χ0) is 11.8. The summed E-state index contributed by atoms with van der Waals surface area (Å²) in [5.74, 6) is 0. The van der Waals surface area contributed by atoms with Crippen molar-refractivity contribution in [2.24, 2.45) is 0 Å². The number of hydrogen-bond donors (Lipinski definition) is 0. The summed E-state index contributed by atoms with van der Waals surface area (Å²) in [6, 6.07) is 6.17. The lowest BCUT2D eigenvalue weighted by Gasteiger charge is -2.09. The summed E-state index contributed by atoms with van der Waals surface area (Å²) in [7, 11) is 0. The Morgan fingerprint density at radius 1 is 1.41 bits per heavy atom. The Morgan fingerprint density at radius 2 is 2.29 bits per heavy atom. The molecule has 6 heteroatoms. The highest BCUT2D eigenvalue weighted by atomic mass is 35.5. The Bertz CT molecular complexity index is 682. The predicted octanol–water partition coefficient (Wildman–Crippen LogP) is 4.54. The molecular weight excluding hydrogens is 292 g/mol. The number of nitrogens with zero attached hydrogens (tertiary/aromatic N) is 2. The number of pyridine rings is 1. The molecule has 0 fully saturated rings. The third-order valence-electron chi connectivity index (χ3n) is 2.39. The number of fused-ring (bicyclic) bond motifs is 1. The number of halogens is 1. The van der Waals surface area contributed by atoms with Gasteiger partial charge in [-0.15, -0.1) is 22.7 Å². The van der Waals surface area contributed by atoms with E-state index in [0.29, 0.717) is 4.47 Å². The van der Waals surface area contributed by atoms with Crippen molar-refractivity contribution in [2.45, 2.75) is 6.54 Å². The van der Waals surface area contributed by atoms with E-state index in [4.69, 9.17) is 23.8 Å². The zero-order valence-corrected chi connectivity index (χ0v) is 11.8. The van der Waals surface area contributed by atoms with Crippen LogP contribution in [0.15, 0.2) is 30.6 Å². The summed E-state index contributed by atoms with van der Waals surface area (Å²) < 4.78 is 3.68. The fraction of sp³-hybridized carbons (Fsp3) is 0.0909. The van der Waals surface area contributed by atoms with Crippen molar-refractivity contribution >= 4 is 46.5 Å². The van der Waals surface area contributed by atoms with Gasteiger partial charge >= 0.3 is 0 Å². The summed E-state index contributed by atoms with van der Waals surface area (Å²) in [6.45, 7) is 0.785. The molecular formula is C11H7ClN2S3. The minimum Gasteiger partial charge on any atom is -0.341 e. The van der Waals surface area contributed by atoms with E-state index < -0.39 is 0 Å². The van der Waals surface area contributed by atoms with Crippen LogP contribution in [-0.2, 0) is 6.54 Å². The first-order chi connectivity index (χ1) is 8.22. The van der Waals surface area contributed by atoms with E-state index >= 15 is 0 Å². The first kappa shape index (κ1) is 11.3. The van der Waals surface area contributed by atoms with Crippen LogP contribution in [0, 0.1) is 3.82 Å². The predicted molar refractivity (Wildman–Crippen MR) is 76.0 cm³/mol. The van der Waals surface area contributed by atoms with Crippen molar-refractivity contribution in [1.82, 2.24) is 9.55 Å². The maximum Gasteiger partial charge on any atom is 0.183 e. The molecule has 86 valence electrons. The fourth-order valence-corrected chi connectivity index (χ4v) is 3.87. The molecule has 0 unspecified atom stereocenters. The zero-order valence-electron chi connectivity index (χ0n) is 8.59. The van der Waals surface area contributed by atoms with Crippen LogP contribution in [0.3, 0.4) is 0 Å². The molecule has 0 atom stereocenters. The summed E-state index contributed by atoms with van der Waals surface area (Å²) in [4.78, 5) is 6.41. The number of thiazole rings is 1. The van der Waals surface area contributed by atoms with Crippen LogP contribution in [0.5, 0.6) is 0 Å². The minimum absolute atomic E-state index is 0.585. The van der Waals surface area contributed by atoms with E-state index in [2.05, 4.69) is 21.8 Å². The molecule has 0 spiro atoms. The van der Waals surface area contributed by atoms with Crippen molar-refractivity contribution in [1.29, 1.82) is 0 Å². The van der Waals surface area contributed by atoms with Crippen LogP contribution >= 0.6 is 46.5 Å². The average molecular weight is 299 g/mol. The van der Waals surface area contributed by atoms with Gasteiger partial charge in [-0.3, -0.25) is 0 Å². The Hall–Kier alpha value is -0.750. The van der Waals surface area contributed by atoms with Gasteiger partial charge in [-0.1, -0.05) is 23.8 Å². The highest BCUT2D eigenvalue weighted by Crippen LogP contribution is 2.30. The Morgan fingerprint density at radius 3 is 3.06 bits per heavy atom. The quantitative estimate of drug-likeness (QED) is 0.646. The van der Waals surface area contributed by atoms with Crippen molar-refractivity contribution in [2.75, 3.05) is 0 Å². The molecule has 0 amide bonds. The first-order valence-corrected chi connectivity index (χ1v) is 7.33. The van der Waals surface area contributed by atoms with Crippen LogP contribution in [0.1, 0.15) is 4.88 Å². The molecule has 2 aliphatic heterocycles. The maximum absolute atomic E-state index is 5.83. The molecule has 0 aromatic carbocycles. The van der Waals surface area contributed by atoms with Gasteiger partial charge in [-0.2, -0.15) is 0 Å². The van der Waals surface area contributed by atoms with Crippen molar-refractivity contribution < 1.29 is 0 Å². The van der Waals surface area contributed by atoms with E-state index in [0.717, 1.165) is 15.2 Å². The molecule has 1 aromatic rings. The fourth-order valence-electron chi connectivity index (χ4n) is 1.69. The molecule has 2 aliphatic rings. The Labute approximate surface area is 116 Å². The smallest absolute Gasteiger partial charge is 0.183 e. The van der Waals surface area contributed by atoms with Crippen molar-refractivity contribution in [3.63, 3.8) is 0 Å². The Balaban J connectivity index is 2.03. The van der Waals surface area contributed by atoms with Gasteiger partial charge in [0.1, 0.15) is 0 Å². The van der Waals surface area contributed by atoms with Gasteiger partial charge in [0.25, 0.3) is 0 Å². The van der Waals surface area contributed by atoms with Crippen LogP contribution in [0.25, 0.3) is 10.6 Å². The molecule has 0 saturated carbocycles. The molecule has 0 N–H and O–H groups in total. The molecule has 17 heavy (non-hydrogen) atoms. The molecule has 0 aliphatic carbocycles. The Kier molecular flexibility index (Phi) is 3.00. The SMILES string of the molecule is S=c1cc2n(Cc3cnc(Cl)s3)cccc-2s1. The van der Waals surface area contributed by atoms with E-state index in [1.165, 1.54) is 21.9 Å². The molecule has 0 saturated heterocycles. The third-order valence-corrected chi connectivity index (χ3v) is 4.74. The van der Waals surface area contributed by atoms with Crippen LogP contribution in [-0.4, -0.2) is 9.55 Å². The maximum atomic E-state index is 5.83. The molecule has 0 bridgehead atoms. The van der Waals surface area contributed by atoms with Gasteiger partial charge in [0.05, 0.1) is 20.9 Å². The lowest BCUT2D eigenvalue weighted by molar-refractivity contribution is 0.812. The highest BCUT2D eigenvalue weighted by molar-refractivity contribution is 7.73. The van der Waals surface area contributed by atoms with Crippen molar-refractivity contribution in [3.8, 4) is 10.6 Å². The molecule has 3 heterocycles. The summed E-state index contributed by atoms with van der Waals surface area (Å²) in [5.41, 5.74) is 1.17. The molecule has 2 nitrogen and oxygen atoms in total. The van der Waals surface area contributed by atoms with Crippen LogP contribution in [0.4, 0.5) is 0 Å². The first-order valence-electron chi connectivity index (χ1n) is 4.91. The van der Waals surface area contributed by atoms with E-state index in [-0.39, 0.29) is 0 Å². The second kappa shape index (κ2) is 4.49. The van der Waals surface area contributed by atoms with Gasteiger partial charge < -0.3 is 4.57 Å². The third kappa shape index (κ3) is 2.28. The molecule has 0 radical (unpaired) electrons. The van der Waals surface area contributed by atoms with E-state index in [1.54, 1.807) is 11.3 Å². The van der Waals surface area contributed by atoms with Gasteiger partial charge in [-0.05, 0) is 18.2 Å². The van der Waals surface area contributed by atoms with Gasteiger partial charge in [-0.25, -0.2) is 4.98 Å². The highest BCUT2D eigenvalue weighted by Gasteiger charge is 2.09. The average Bonchev–Trinajstić information content (AvgIpc) is 2.84. The monoisotopic (exact) mass is 298 g/mol. The minimum atomic E-state index is 0.585. The summed E-state index contributed by atoms with van der Waals surface area (Å²) in [6.07, 6.45) is 3.87. The second-order valence-corrected chi connectivity index (χ2v) is 7.01. The molecule has 1 aromatic heterocycles. The van der Waals surface area contributed by atoms with Crippen LogP contribution in [0.2, 0.25) is 4.47 Å². The largest absolute Gasteiger partial charge is 0.341 e. The standard InChI is InChI=1S/C11H7ClN2S3/c12-11-13-5-7(16-11)6-14-3-1-2-9-8(14)4-10(15)17-9/h1-5H,6H2. The summed E-state index contributed by atoms with van der Waals surface area (Å²) >= 11 is 14.2. The lowest BCUT2D eigenvalue weighted by Crippen LogP contribution is -2.01. The van der Waals surface area contributed by atoms with Crippen molar-refractivity contribution in [3.05, 3.63) is 43.8 Å². The topological polar surface area (TPSA) is 17.8 Å². The van der Waals surface area contributed by atoms with E-state index in [9.17, 15) is 0 Å². The normalized spacial score (nSPS) is 11.1. The number of thiophene rings is 1. The van der Waals surface area contributed by atoms with Gasteiger partial charge in [0.2, 0.25) is 0 Å². The van der Waals surface area contributed by atoms with E-state index in [1.807, 2.05) is 18.3 Å². The number of hydrogen-bond acceptors (Lipinski definition) is 4. The van der Waals surface area contributed by atoms with Gasteiger partial charge in [0, 0.05) is 17.3 Å². The van der Waals surface area contributed by atoms with Gasteiger partial charge in [0.15, 0.2) is 4.47 Å².